The maximum absolute atomic E-state index is 14.6. The second-order valence-electron chi connectivity index (χ2n) is 11.3. The molecule has 4 aromatic carbocycles. The lowest BCUT2D eigenvalue weighted by Crippen LogP contribution is -2.48. The molecular weight excluding hydrogens is 610 g/mol. The molecule has 11 nitrogen and oxygen atoms in total. The van der Waals surface area contributed by atoms with E-state index in [9.17, 15) is 4.79 Å². The summed E-state index contributed by atoms with van der Waals surface area (Å²) in [5.41, 5.74) is 11.6. The molecule has 0 aliphatic carbocycles. The van der Waals surface area contributed by atoms with Crippen LogP contribution in [0.15, 0.2) is 113 Å². The predicted molar refractivity (Wildman–Crippen MR) is 181 cm³/mol. The number of aliphatic hydroxyl groups excluding tert-OH is 1. The molecule has 6 rings (SSSR count). The average molecular weight is 646 g/mol. The van der Waals surface area contributed by atoms with E-state index in [1.807, 2.05) is 97.1 Å². The molecule has 2 aliphatic rings. The maximum atomic E-state index is 14.6. The number of fused-ring (bicyclic) bond motifs is 1. The number of ether oxygens (including phenoxy) is 4. The molecule has 0 saturated carbocycles. The van der Waals surface area contributed by atoms with Crippen molar-refractivity contribution in [2.24, 2.45) is 10.1 Å². The summed E-state index contributed by atoms with van der Waals surface area (Å²) >= 11 is 0. The van der Waals surface area contributed by atoms with Gasteiger partial charge >= 0.3 is 0 Å². The quantitative estimate of drug-likeness (QED) is 0.0678. The minimum absolute atomic E-state index is 0.0444. The summed E-state index contributed by atoms with van der Waals surface area (Å²) in [6.45, 7) is 0.887. The number of nitrogens with zero attached hydrogens (tertiary/aromatic N) is 4. The molecule has 0 fully saturated rings. The van der Waals surface area contributed by atoms with Crippen LogP contribution in [-0.2, 0) is 22.6 Å². The zero-order valence-electron chi connectivity index (χ0n) is 26.2. The number of carbonyl (C=O) groups excluding carboxylic acids is 1. The molecule has 244 valence electrons. The highest BCUT2D eigenvalue weighted by Crippen LogP contribution is 2.44. The van der Waals surface area contributed by atoms with Crippen molar-refractivity contribution in [2.75, 3.05) is 20.0 Å². The van der Waals surface area contributed by atoms with E-state index in [1.54, 1.807) is 12.1 Å². The number of benzene rings is 4. The monoisotopic (exact) mass is 645 g/mol. The Morgan fingerprint density at radius 1 is 1.04 bits per heavy atom. The average Bonchev–Trinajstić information content (AvgIpc) is 3.76. The van der Waals surface area contributed by atoms with E-state index in [0.29, 0.717) is 47.3 Å². The summed E-state index contributed by atoms with van der Waals surface area (Å²) < 4.78 is 23.4. The van der Waals surface area contributed by atoms with Crippen molar-refractivity contribution in [3.63, 3.8) is 0 Å². The van der Waals surface area contributed by atoms with Crippen LogP contribution in [0.4, 0.5) is 0 Å². The molecule has 1 amide bonds. The standard InChI is InChI=1S/C37H35N5O6/c38-42-40-24-29-11-4-5-12-31(29)34-37(19-6-10-26-8-2-1-3-9-26,36(44)39-23-27-13-18-32-33(22-27)47-25-46-32)41-35(48-34)28-14-16-30(17-15-28)45-21-7-20-43/h1-6,8-18,22,34,43H,7,19-21,23-25H2,(H,39,44)/b10-6+/t34-,37-/m1/s1. The third-order valence-electron chi connectivity index (χ3n) is 8.10. The molecule has 0 bridgehead atoms. The van der Waals surface area contributed by atoms with Crippen molar-refractivity contribution in [3.05, 3.63) is 141 Å². The second kappa shape index (κ2) is 15.2. The van der Waals surface area contributed by atoms with Crippen molar-refractivity contribution < 1.29 is 28.8 Å². The Morgan fingerprint density at radius 3 is 2.65 bits per heavy atom. The van der Waals surface area contributed by atoms with Gasteiger partial charge in [0.05, 0.1) is 13.2 Å². The Hall–Kier alpha value is -5.77. The molecule has 0 aromatic heterocycles. The molecular formula is C37H35N5O6. The first-order chi connectivity index (χ1) is 23.6. The highest BCUT2D eigenvalue weighted by molar-refractivity contribution is 6.01. The van der Waals surface area contributed by atoms with Crippen LogP contribution in [0, 0.1) is 0 Å². The van der Waals surface area contributed by atoms with Gasteiger partial charge in [0, 0.05) is 36.5 Å². The molecule has 0 saturated heterocycles. The zero-order valence-corrected chi connectivity index (χ0v) is 26.2. The molecule has 2 heterocycles. The maximum Gasteiger partial charge on any atom is 0.252 e. The van der Waals surface area contributed by atoms with Crippen molar-refractivity contribution in [1.82, 2.24) is 5.32 Å². The Balaban J connectivity index is 1.39. The molecule has 2 atom stereocenters. The second-order valence-corrected chi connectivity index (χ2v) is 11.3. The van der Waals surface area contributed by atoms with E-state index < -0.39 is 11.6 Å². The van der Waals surface area contributed by atoms with Crippen LogP contribution in [0.2, 0.25) is 0 Å². The summed E-state index contributed by atoms with van der Waals surface area (Å²) in [6.07, 6.45) is 3.78. The zero-order chi connectivity index (χ0) is 33.2. The van der Waals surface area contributed by atoms with Crippen LogP contribution < -0.4 is 19.5 Å². The first kappa shape index (κ1) is 32.2. The summed E-state index contributed by atoms with van der Waals surface area (Å²) in [5, 5.41) is 16.0. The van der Waals surface area contributed by atoms with E-state index in [-0.39, 0.29) is 38.8 Å². The highest BCUT2D eigenvalue weighted by Gasteiger charge is 2.53. The highest BCUT2D eigenvalue weighted by atomic mass is 16.7. The van der Waals surface area contributed by atoms with Crippen LogP contribution >= 0.6 is 0 Å². The number of hydrogen-bond donors (Lipinski definition) is 2. The van der Waals surface area contributed by atoms with Crippen molar-refractivity contribution in [2.45, 2.75) is 37.6 Å². The lowest BCUT2D eigenvalue weighted by molar-refractivity contribution is -0.129. The fourth-order valence-electron chi connectivity index (χ4n) is 5.66. The number of azide groups is 1. The van der Waals surface area contributed by atoms with Crippen LogP contribution in [0.1, 0.15) is 46.8 Å². The van der Waals surface area contributed by atoms with Gasteiger partial charge in [-0.2, -0.15) is 0 Å². The Labute approximate surface area is 278 Å². The lowest BCUT2D eigenvalue weighted by Gasteiger charge is -2.31. The number of rotatable bonds is 14. The number of amides is 1. The number of aliphatic imine (C=N–C) groups is 1. The van der Waals surface area contributed by atoms with Gasteiger partial charge < -0.3 is 29.4 Å². The smallest absolute Gasteiger partial charge is 0.252 e. The molecule has 11 heteroatoms. The minimum atomic E-state index is -1.43. The first-order valence-corrected chi connectivity index (χ1v) is 15.7. The van der Waals surface area contributed by atoms with Gasteiger partial charge in [-0.3, -0.25) is 4.79 Å². The van der Waals surface area contributed by atoms with E-state index in [4.69, 9.17) is 34.6 Å². The largest absolute Gasteiger partial charge is 0.494 e. The summed E-state index contributed by atoms with van der Waals surface area (Å²) in [6, 6.07) is 30.1. The SMILES string of the molecule is [N-]=[N+]=NCc1ccccc1[C@H]1OC(c2ccc(OCCCO)cc2)=N[C@@]1(C/C=C/c1ccccc1)C(=O)NCc1ccc2c(c1)OCO2. The molecule has 4 aromatic rings. The van der Waals surface area contributed by atoms with Crippen LogP contribution in [0.25, 0.3) is 16.5 Å². The number of nitrogens with one attached hydrogen (secondary N) is 1. The molecule has 0 unspecified atom stereocenters. The topological polar surface area (TPSA) is 147 Å². The van der Waals surface area contributed by atoms with Gasteiger partial charge in [0.25, 0.3) is 5.91 Å². The first-order valence-electron chi connectivity index (χ1n) is 15.7. The minimum Gasteiger partial charge on any atom is -0.494 e. The van der Waals surface area contributed by atoms with Gasteiger partial charge in [0.15, 0.2) is 23.1 Å². The summed E-state index contributed by atoms with van der Waals surface area (Å²) in [4.78, 5) is 22.6. The van der Waals surface area contributed by atoms with Gasteiger partial charge in [-0.15, -0.1) is 0 Å². The Kier molecular flexibility index (Phi) is 10.2. The van der Waals surface area contributed by atoms with Gasteiger partial charge in [0.2, 0.25) is 12.7 Å². The number of aliphatic hydroxyl groups is 1. The van der Waals surface area contributed by atoms with Crippen LogP contribution in [0.5, 0.6) is 17.2 Å². The number of hydrogen-bond acceptors (Lipinski definition) is 8. The summed E-state index contributed by atoms with van der Waals surface area (Å²) in [5.74, 6) is 1.89. The number of carbonyl (C=O) groups is 1. The van der Waals surface area contributed by atoms with Crippen molar-refractivity contribution in [3.8, 4) is 17.2 Å². The third kappa shape index (κ3) is 7.28. The molecule has 0 spiro atoms. The van der Waals surface area contributed by atoms with E-state index in [1.165, 1.54) is 0 Å². The van der Waals surface area contributed by atoms with Crippen molar-refractivity contribution in [1.29, 1.82) is 0 Å². The van der Waals surface area contributed by atoms with Gasteiger partial charge in [-0.25, -0.2) is 4.99 Å². The van der Waals surface area contributed by atoms with Crippen molar-refractivity contribution >= 4 is 17.9 Å². The summed E-state index contributed by atoms with van der Waals surface area (Å²) in [7, 11) is 0. The Morgan fingerprint density at radius 2 is 1.83 bits per heavy atom. The molecule has 48 heavy (non-hydrogen) atoms. The predicted octanol–water partition coefficient (Wildman–Crippen LogP) is 6.66. The van der Waals surface area contributed by atoms with Gasteiger partial charge in [0.1, 0.15) is 5.75 Å². The van der Waals surface area contributed by atoms with E-state index in [0.717, 1.165) is 16.7 Å². The lowest BCUT2D eigenvalue weighted by atomic mass is 9.82. The fourth-order valence-corrected chi connectivity index (χ4v) is 5.66. The van der Waals surface area contributed by atoms with E-state index >= 15 is 0 Å². The molecule has 2 N–H and O–H groups in total. The van der Waals surface area contributed by atoms with E-state index in [2.05, 4.69) is 15.3 Å². The third-order valence-corrected chi connectivity index (χ3v) is 8.10. The van der Waals surface area contributed by atoms with Crippen LogP contribution in [0.3, 0.4) is 0 Å². The molecule has 2 aliphatic heterocycles. The van der Waals surface area contributed by atoms with Crippen LogP contribution in [-0.4, -0.2) is 42.5 Å². The fraction of sp³-hybridized carbons (Fsp3) is 0.243. The normalized spacial score (nSPS) is 17.8. The van der Waals surface area contributed by atoms with Gasteiger partial charge in [-0.1, -0.05) is 77.9 Å². The Bertz CT molecular complexity index is 1840. The molecule has 0 radical (unpaired) electrons. The van der Waals surface area contributed by atoms with Gasteiger partial charge in [-0.05, 0) is 64.2 Å².